The van der Waals surface area contributed by atoms with Crippen LogP contribution in [0.25, 0.3) is 27.8 Å². The number of rotatable bonds is 5. The van der Waals surface area contributed by atoms with Gasteiger partial charge in [-0.05, 0) is 18.2 Å². The van der Waals surface area contributed by atoms with Gasteiger partial charge in [-0.3, -0.25) is 14.6 Å². The van der Waals surface area contributed by atoms with Gasteiger partial charge in [0.25, 0.3) is 0 Å². The van der Waals surface area contributed by atoms with Crippen LogP contribution in [0.1, 0.15) is 5.69 Å². The third-order valence-corrected chi connectivity index (χ3v) is 5.69. The first kappa shape index (κ1) is 17.8. The molecule has 0 aromatic carbocycles. The third kappa shape index (κ3) is 3.15. The van der Waals surface area contributed by atoms with E-state index in [4.69, 9.17) is 5.10 Å². The zero-order valence-corrected chi connectivity index (χ0v) is 16.7. The summed E-state index contributed by atoms with van der Waals surface area (Å²) in [6.07, 6.45) is 10.5. The third-order valence-electron chi connectivity index (χ3n) is 5.69. The van der Waals surface area contributed by atoms with Gasteiger partial charge in [0.15, 0.2) is 11.5 Å². The molecule has 154 valence electrons. The molecule has 0 unspecified atom stereocenters. The molecule has 9 nitrogen and oxygen atoms in total. The smallest absolute Gasteiger partial charge is 0.160 e. The number of H-pyrrole nitrogens is 1. The molecule has 5 aromatic heterocycles. The van der Waals surface area contributed by atoms with Crippen LogP contribution in [0.2, 0.25) is 0 Å². The van der Waals surface area contributed by atoms with E-state index in [1.807, 2.05) is 39.8 Å². The fourth-order valence-corrected chi connectivity index (χ4v) is 4.16. The summed E-state index contributed by atoms with van der Waals surface area (Å²) >= 11 is 0. The van der Waals surface area contributed by atoms with Crippen molar-refractivity contribution in [1.82, 2.24) is 34.0 Å². The van der Waals surface area contributed by atoms with Gasteiger partial charge in [0, 0.05) is 61.3 Å². The van der Waals surface area contributed by atoms with E-state index >= 15 is 0 Å². The highest BCUT2D eigenvalue weighted by molar-refractivity contribution is 5.83. The predicted octanol–water partition coefficient (Wildman–Crippen LogP) is 2.83. The molecule has 6 rings (SSSR count). The Kier molecular flexibility index (Phi) is 4.07. The summed E-state index contributed by atoms with van der Waals surface area (Å²) < 4.78 is 4.00. The van der Waals surface area contributed by atoms with Crippen LogP contribution in [-0.4, -0.2) is 53.4 Å². The molecule has 0 radical (unpaired) electrons. The summed E-state index contributed by atoms with van der Waals surface area (Å²) in [5, 5.41) is 8.15. The molecule has 0 aliphatic carbocycles. The minimum absolute atomic E-state index is 0.448. The van der Waals surface area contributed by atoms with Gasteiger partial charge in [0.2, 0.25) is 0 Å². The van der Waals surface area contributed by atoms with Gasteiger partial charge in [-0.2, -0.15) is 5.10 Å². The molecule has 0 fully saturated rings. The summed E-state index contributed by atoms with van der Waals surface area (Å²) in [5.41, 5.74) is 6.77. The maximum atomic E-state index is 10.8. The van der Waals surface area contributed by atoms with Crippen LogP contribution < -0.4 is 5.32 Å². The summed E-state index contributed by atoms with van der Waals surface area (Å²) in [5.74, 6) is 0.767. The van der Waals surface area contributed by atoms with E-state index in [9.17, 15) is 4.79 Å². The fourth-order valence-electron chi connectivity index (χ4n) is 4.16. The topological polar surface area (TPSA) is 96.1 Å². The van der Waals surface area contributed by atoms with Gasteiger partial charge in [0.05, 0.1) is 35.5 Å². The van der Waals surface area contributed by atoms with E-state index in [-0.39, 0.29) is 0 Å². The number of nitrogens with zero attached hydrogens (tertiary/aromatic N) is 6. The number of hydrogen-bond donors (Lipinski definition) is 2. The number of hydrogen-bond acceptors (Lipinski definition) is 6. The molecule has 1 aliphatic heterocycles. The first-order chi connectivity index (χ1) is 15.3. The Hall–Kier alpha value is -3.98. The number of nitrogens with one attached hydrogen (secondary N) is 2. The summed E-state index contributed by atoms with van der Waals surface area (Å²) in [6, 6.07) is 8.17. The fraction of sp³-hybridized carbons (Fsp3) is 0.182. The molecule has 31 heavy (non-hydrogen) atoms. The van der Waals surface area contributed by atoms with Crippen LogP contribution in [0, 0.1) is 0 Å². The highest BCUT2D eigenvalue weighted by Gasteiger charge is 2.18. The van der Waals surface area contributed by atoms with Crippen LogP contribution in [0.3, 0.4) is 0 Å². The summed E-state index contributed by atoms with van der Waals surface area (Å²) in [4.78, 5) is 25.2. The molecule has 5 aromatic rings. The molecule has 0 spiro atoms. The van der Waals surface area contributed by atoms with Crippen LogP contribution >= 0.6 is 0 Å². The Bertz CT molecular complexity index is 1410. The quantitative estimate of drug-likeness (QED) is 0.431. The highest BCUT2D eigenvalue weighted by atomic mass is 16.1. The molecule has 0 bridgehead atoms. The van der Waals surface area contributed by atoms with Crippen molar-refractivity contribution in [3.63, 3.8) is 0 Å². The minimum atomic E-state index is 0.448. The largest absolute Gasteiger partial charge is 0.360 e. The second kappa shape index (κ2) is 7.06. The number of anilines is 2. The molecular formula is C22H20N8O. The molecule has 9 heteroatoms. The van der Waals surface area contributed by atoms with E-state index in [1.54, 1.807) is 6.20 Å². The van der Waals surface area contributed by atoms with E-state index in [2.05, 4.69) is 43.5 Å². The molecule has 0 atom stereocenters. The van der Waals surface area contributed by atoms with Crippen molar-refractivity contribution in [2.45, 2.75) is 13.1 Å². The summed E-state index contributed by atoms with van der Waals surface area (Å²) in [6.45, 7) is 2.75. The summed E-state index contributed by atoms with van der Waals surface area (Å²) in [7, 11) is 0. The highest BCUT2D eigenvalue weighted by Crippen LogP contribution is 2.29. The monoisotopic (exact) mass is 412 g/mol. The Morgan fingerprint density at radius 1 is 1.16 bits per heavy atom. The number of imidazole rings is 1. The number of aldehydes is 1. The Labute approximate surface area is 177 Å². The van der Waals surface area contributed by atoms with Crippen LogP contribution in [0.4, 0.5) is 11.5 Å². The molecule has 1 aliphatic rings. The van der Waals surface area contributed by atoms with Crippen molar-refractivity contribution in [2.24, 2.45) is 0 Å². The molecule has 6 heterocycles. The van der Waals surface area contributed by atoms with E-state index in [1.165, 1.54) is 0 Å². The molecule has 0 amide bonds. The molecule has 0 saturated heterocycles. The van der Waals surface area contributed by atoms with Gasteiger partial charge in [0.1, 0.15) is 6.29 Å². The number of pyridine rings is 2. The maximum Gasteiger partial charge on any atom is 0.160 e. The SMILES string of the molecule is O=CCN1CCn2nc(Nc3cc(-c4cnc5cc[nH]c5c4)cn4ccnc34)cc2C1. The number of fused-ring (bicyclic) bond motifs is 3. The van der Waals surface area contributed by atoms with Gasteiger partial charge < -0.3 is 19.5 Å². The van der Waals surface area contributed by atoms with Crippen LogP contribution in [0.15, 0.2) is 55.2 Å². The number of carbonyl (C=O) groups is 1. The molecular weight excluding hydrogens is 392 g/mol. The number of aromatic nitrogens is 6. The molecule has 0 saturated carbocycles. The lowest BCUT2D eigenvalue weighted by molar-refractivity contribution is -0.109. The Morgan fingerprint density at radius 2 is 2.13 bits per heavy atom. The molecule has 2 N–H and O–H groups in total. The second-order valence-electron chi connectivity index (χ2n) is 7.71. The lowest BCUT2D eigenvalue weighted by atomic mass is 10.1. The first-order valence-electron chi connectivity index (χ1n) is 10.2. The van der Waals surface area contributed by atoms with Crippen molar-refractivity contribution >= 4 is 34.5 Å². The Morgan fingerprint density at radius 3 is 3.06 bits per heavy atom. The zero-order valence-electron chi connectivity index (χ0n) is 16.7. The lowest BCUT2D eigenvalue weighted by Gasteiger charge is -2.25. The number of carbonyl (C=O) groups excluding carboxylic acids is 1. The average Bonchev–Trinajstić information content (AvgIpc) is 3.51. The van der Waals surface area contributed by atoms with Crippen LogP contribution in [0.5, 0.6) is 0 Å². The van der Waals surface area contributed by atoms with E-state index in [0.29, 0.717) is 13.1 Å². The second-order valence-corrected chi connectivity index (χ2v) is 7.71. The van der Waals surface area contributed by atoms with Crippen molar-refractivity contribution < 1.29 is 4.79 Å². The lowest BCUT2D eigenvalue weighted by Crippen LogP contribution is -2.34. The first-order valence-corrected chi connectivity index (χ1v) is 10.2. The average molecular weight is 412 g/mol. The van der Waals surface area contributed by atoms with Gasteiger partial charge in [-0.15, -0.1) is 0 Å². The minimum Gasteiger partial charge on any atom is -0.360 e. The standard InChI is InChI=1S/C22H20N8O/c31-8-7-28-5-6-30-17(14-28)11-21(27-30)26-20-10-16(13-29-4-3-24-22(20)29)15-9-19-18(25-12-15)1-2-23-19/h1-4,8-13,23H,5-7,14H2,(H,26,27). The maximum absolute atomic E-state index is 10.8. The predicted molar refractivity (Wildman–Crippen MR) is 117 cm³/mol. The van der Waals surface area contributed by atoms with Crippen molar-refractivity contribution in [1.29, 1.82) is 0 Å². The van der Waals surface area contributed by atoms with Gasteiger partial charge in [-0.1, -0.05) is 0 Å². The Balaban J connectivity index is 1.37. The zero-order chi connectivity index (χ0) is 20.8. The van der Waals surface area contributed by atoms with Crippen molar-refractivity contribution in [3.05, 3.63) is 60.9 Å². The number of aromatic amines is 1. The van der Waals surface area contributed by atoms with Crippen LogP contribution in [-0.2, 0) is 17.9 Å². The normalized spacial score (nSPS) is 14.2. The van der Waals surface area contributed by atoms with Crippen molar-refractivity contribution in [3.8, 4) is 11.1 Å². The van der Waals surface area contributed by atoms with Gasteiger partial charge in [-0.25, -0.2) is 4.98 Å². The van der Waals surface area contributed by atoms with Crippen molar-refractivity contribution in [2.75, 3.05) is 18.4 Å². The van der Waals surface area contributed by atoms with Gasteiger partial charge >= 0.3 is 0 Å². The van der Waals surface area contributed by atoms with E-state index in [0.717, 1.165) is 64.4 Å². The van der Waals surface area contributed by atoms with E-state index < -0.39 is 0 Å².